The number of hydrogen-bond acceptors (Lipinski definition) is 5. The van der Waals surface area contributed by atoms with E-state index in [-0.39, 0.29) is 24.4 Å². The number of likely N-dealkylation sites (tertiary alicyclic amines) is 1. The van der Waals surface area contributed by atoms with Crippen molar-refractivity contribution in [2.24, 2.45) is 5.92 Å². The lowest BCUT2D eigenvalue weighted by molar-refractivity contribution is 0.174. The Morgan fingerprint density at radius 2 is 2.45 bits per heavy atom. The maximum absolute atomic E-state index is 12.0. The van der Waals surface area contributed by atoms with Gasteiger partial charge in [0.2, 0.25) is 5.89 Å². The quantitative estimate of drug-likeness (QED) is 0.906. The van der Waals surface area contributed by atoms with E-state index >= 15 is 0 Å². The highest BCUT2D eigenvalue weighted by Crippen LogP contribution is 2.15. The third-order valence-corrected chi connectivity index (χ3v) is 3.28. The van der Waals surface area contributed by atoms with E-state index in [0.29, 0.717) is 24.8 Å². The second-order valence-electron chi connectivity index (χ2n) is 5.27. The van der Waals surface area contributed by atoms with Gasteiger partial charge in [0.15, 0.2) is 5.82 Å². The molecule has 1 saturated heterocycles. The normalized spacial score (nSPS) is 18.9. The van der Waals surface area contributed by atoms with Crippen LogP contribution in [-0.2, 0) is 6.54 Å². The molecule has 2 amide bonds. The fraction of sp³-hybridized carbons (Fsp3) is 0.692. The number of hydrogen-bond donors (Lipinski definition) is 1. The summed E-state index contributed by atoms with van der Waals surface area (Å²) in [6, 6.07) is 2.03. The van der Waals surface area contributed by atoms with Crippen LogP contribution in [0.2, 0.25) is 0 Å². The molecule has 0 aliphatic carbocycles. The Morgan fingerprint density at radius 3 is 3.10 bits per heavy atom. The molecular formula is C13H19N5O2. The lowest BCUT2D eigenvalue weighted by Crippen LogP contribution is -2.45. The first kappa shape index (κ1) is 14.3. The number of carbonyl (C=O) groups excluding carboxylic acids is 1. The lowest BCUT2D eigenvalue weighted by Gasteiger charge is -2.29. The summed E-state index contributed by atoms with van der Waals surface area (Å²) in [5, 5.41) is 15.5. The van der Waals surface area contributed by atoms with E-state index in [4.69, 9.17) is 9.78 Å². The number of nitriles is 1. The number of rotatable bonds is 3. The predicted molar refractivity (Wildman–Crippen MR) is 70.5 cm³/mol. The molecule has 1 aromatic heterocycles. The molecule has 0 bridgehead atoms. The molecule has 2 rings (SSSR count). The molecule has 1 atom stereocenters. The van der Waals surface area contributed by atoms with Crippen molar-refractivity contribution >= 4 is 6.03 Å². The van der Waals surface area contributed by atoms with Gasteiger partial charge in [-0.05, 0) is 12.8 Å². The van der Waals surface area contributed by atoms with Gasteiger partial charge >= 0.3 is 6.03 Å². The molecule has 0 saturated carbocycles. The number of aromatic nitrogens is 2. The minimum atomic E-state index is -0.186. The van der Waals surface area contributed by atoms with Crippen molar-refractivity contribution in [1.82, 2.24) is 20.4 Å². The first-order valence-electron chi connectivity index (χ1n) is 6.85. The second-order valence-corrected chi connectivity index (χ2v) is 5.27. The molecule has 20 heavy (non-hydrogen) atoms. The average Bonchev–Trinajstić information content (AvgIpc) is 2.94. The Hall–Kier alpha value is -2.10. The molecule has 0 radical (unpaired) electrons. The van der Waals surface area contributed by atoms with Crippen LogP contribution in [0, 0.1) is 17.2 Å². The molecule has 0 spiro atoms. The van der Waals surface area contributed by atoms with Crippen molar-refractivity contribution < 1.29 is 9.32 Å². The van der Waals surface area contributed by atoms with Crippen LogP contribution in [0.25, 0.3) is 0 Å². The molecule has 1 N–H and O–H groups in total. The van der Waals surface area contributed by atoms with E-state index in [1.165, 1.54) is 0 Å². The number of nitrogens with zero attached hydrogens (tertiary/aromatic N) is 4. The van der Waals surface area contributed by atoms with Gasteiger partial charge in [-0.1, -0.05) is 19.0 Å². The predicted octanol–water partition coefficient (Wildman–Crippen LogP) is 1.64. The minimum absolute atomic E-state index is 0.0644. The van der Waals surface area contributed by atoms with Gasteiger partial charge in [-0.25, -0.2) is 4.79 Å². The molecule has 108 valence electrons. The number of carbonyl (C=O) groups is 1. The van der Waals surface area contributed by atoms with Gasteiger partial charge in [-0.3, -0.25) is 0 Å². The summed E-state index contributed by atoms with van der Waals surface area (Å²) >= 11 is 0. The zero-order valence-corrected chi connectivity index (χ0v) is 11.8. The van der Waals surface area contributed by atoms with Gasteiger partial charge in [-0.15, -0.1) is 0 Å². The smallest absolute Gasteiger partial charge is 0.317 e. The fourth-order valence-electron chi connectivity index (χ4n) is 2.10. The Balaban J connectivity index is 1.84. The Morgan fingerprint density at radius 1 is 1.65 bits per heavy atom. The van der Waals surface area contributed by atoms with Crippen molar-refractivity contribution in [2.75, 3.05) is 13.1 Å². The third-order valence-electron chi connectivity index (χ3n) is 3.28. The van der Waals surface area contributed by atoms with Crippen LogP contribution in [0.4, 0.5) is 4.79 Å². The van der Waals surface area contributed by atoms with Crippen LogP contribution in [0.3, 0.4) is 0 Å². The van der Waals surface area contributed by atoms with Crippen LogP contribution in [0.1, 0.15) is 44.3 Å². The molecule has 1 aliphatic heterocycles. The summed E-state index contributed by atoms with van der Waals surface area (Å²) in [5.41, 5.74) is 0. The van der Waals surface area contributed by atoms with E-state index in [9.17, 15) is 4.79 Å². The van der Waals surface area contributed by atoms with Crippen LogP contribution in [-0.4, -0.2) is 34.2 Å². The van der Waals surface area contributed by atoms with Crippen molar-refractivity contribution in [1.29, 1.82) is 5.26 Å². The van der Waals surface area contributed by atoms with Crippen molar-refractivity contribution in [3.63, 3.8) is 0 Å². The number of urea groups is 1. The number of nitrogens with one attached hydrogen (secondary N) is 1. The Labute approximate surface area is 117 Å². The van der Waals surface area contributed by atoms with Gasteiger partial charge in [0.05, 0.1) is 18.5 Å². The van der Waals surface area contributed by atoms with E-state index in [1.54, 1.807) is 4.90 Å². The molecule has 7 nitrogen and oxygen atoms in total. The summed E-state index contributed by atoms with van der Waals surface area (Å²) in [4.78, 5) is 17.8. The van der Waals surface area contributed by atoms with Gasteiger partial charge in [0, 0.05) is 19.0 Å². The first-order chi connectivity index (χ1) is 9.60. The minimum Gasteiger partial charge on any atom is -0.337 e. The standard InChI is InChI=1S/C13H19N5O2/c1-9(2)12-16-11(20-17-12)7-15-13(19)18-5-3-4-10(6-14)8-18/h9-10H,3-5,7-8H2,1-2H3,(H,15,19)/t10-/m0/s1. The molecular weight excluding hydrogens is 258 g/mol. The van der Waals surface area contributed by atoms with Gasteiger partial charge in [0.25, 0.3) is 0 Å². The van der Waals surface area contributed by atoms with E-state index in [1.807, 2.05) is 13.8 Å². The van der Waals surface area contributed by atoms with Crippen LogP contribution in [0.15, 0.2) is 4.52 Å². The zero-order chi connectivity index (χ0) is 14.5. The van der Waals surface area contributed by atoms with Crippen molar-refractivity contribution in [2.45, 2.75) is 39.2 Å². The monoisotopic (exact) mass is 277 g/mol. The highest BCUT2D eigenvalue weighted by Gasteiger charge is 2.23. The highest BCUT2D eigenvalue weighted by atomic mass is 16.5. The molecule has 1 fully saturated rings. The van der Waals surface area contributed by atoms with Gasteiger partial charge in [0.1, 0.15) is 0 Å². The SMILES string of the molecule is CC(C)c1noc(CNC(=O)N2CCC[C@@H](C#N)C2)n1. The Bertz CT molecular complexity index is 505. The van der Waals surface area contributed by atoms with Crippen molar-refractivity contribution in [3.8, 4) is 6.07 Å². The summed E-state index contributed by atoms with van der Waals surface area (Å²) in [6.45, 7) is 5.34. The largest absolute Gasteiger partial charge is 0.337 e. The van der Waals surface area contributed by atoms with E-state index < -0.39 is 0 Å². The summed E-state index contributed by atoms with van der Waals surface area (Å²) in [6.07, 6.45) is 1.73. The lowest BCUT2D eigenvalue weighted by atomic mass is 10.0. The number of piperidine rings is 1. The number of amides is 2. The van der Waals surface area contributed by atoms with Gasteiger partial charge in [-0.2, -0.15) is 10.2 Å². The van der Waals surface area contributed by atoms with E-state index in [2.05, 4.69) is 21.5 Å². The highest BCUT2D eigenvalue weighted by molar-refractivity contribution is 5.74. The van der Waals surface area contributed by atoms with Crippen molar-refractivity contribution in [3.05, 3.63) is 11.7 Å². The average molecular weight is 277 g/mol. The fourth-order valence-corrected chi connectivity index (χ4v) is 2.10. The molecule has 0 unspecified atom stereocenters. The van der Waals surface area contributed by atoms with Crippen LogP contribution < -0.4 is 5.32 Å². The maximum atomic E-state index is 12.0. The Kier molecular flexibility index (Phi) is 4.56. The molecule has 1 aromatic rings. The summed E-state index contributed by atoms with van der Waals surface area (Å²) < 4.78 is 5.06. The third kappa shape index (κ3) is 3.47. The molecule has 0 aromatic carbocycles. The zero-order valence-electron chi connectivity index (χ0n) is 11.8. The van der Waals surface area contributed by atoms with Crippen LogP contribution >= 0.6 is 0 Å². The summed E-state index contributed by atoms with van der Waals surface area (Å²) in [7, 11) is 0. The molecule has 1 aliphatic rings. The topological polar surface area (TPSA) is 95.0 Å². The first-order valence-corrected chi connectivity index (χ1v) is 6.85. The van der Waals surface area contributed by atoms with Crippen LogP contribution in [0.5, 0.6) is 0 Å². The molecule has 2 heterocycles. The van der Waals surface area contributed by atoms with E-state index in [0.717, 1.165) is 12.8 Å². The summed E-state index contributed by atoms with van der Waals surface area (Å²) in [5.74, 6) is 1.17. The molecule has 7 heteroatoms. The second kappa shape index (κ2) is 6.37. The van der Waals surface area contributed by atoms with Gasteiger partial charge < -0.3 is 14.7 Å². The maximum Gasteiger partial charge on any atom is 0.317 e.